The lowest BCUT2D eigenvalue weighted by molar-refractivity contribution is -0.133. The van der Waals surface area contributed by atoms with Gasteiger partial charge >= 0.3 is 0 Å². The molecule has 0 radical (unpaired) electrons. The molecule has 0 saturated carbocycles. The van der Waals surface area contributed by atoms with Crippen LogP contribution in [0, 0.1) is 0 Å². The van der Waals surface area contributed by atoms with E-state index in [0.29, 0.717) is 30.6 Å². The van der Waals surface area contributed by atoms with Gasteiger partial charge < -0.3 is 15.1 Å². The number of anilines is 1. The number of likely N-dealkylation sites (tertiary alicyclic amines) is 2. The summed E-state index contributed by atoms with van der Waals surface area (Å²) in [6.45, 7) is 4.64. The molecule has 0 bridgehead atoms. The minimum absolute atomic E-state index is 0.0217. The maximum absolute atomic E-state index is 13.7. The zero-order valence-electron chi connectivity index (χ0n) is 22.1. The van der Waals surface area contributed by atoms with E-state index >= 15 is 0 Å². The molecule has 2 aliphatic heterocycles. The second-order valence-electron chi connectivity index (χ2n) is 10.6. The molecule has 2 saturated heterocycles. The summed E-state index contributed by atoms with van der Waals surface area (Å²) < 4.78 is 13.7. The zero-order valence-corrected chi connectivity index (χ0v) is 22.1. The Morgan fingerprint density at radius 1 is 1.08 bits per heavy atom. The summed E-state index contributed by atoms with van der Waals surface area (Å²) in [5, 5.41) is 4.59. The van der Waals surface area contributed by atoms with Gasteiger partial charge in [-0.05, 0) is 49.6 Å². The monoisotopic (exact) mass is 517 g/mol. The molecule has 8 heteroatoms. The molecular weight excluding hydrogens is 481 g/mol. The number of pyridine rings is 1. The highest BCUT2D eigenvalue weighted by atomic mass is 19.1. The molecule has 3 aromatic rings. The van der Waals surface area contributed by atoms with Crippen molar-refractivity contribution >= 4 is 28.4 Å². The number of amides is 2. The Balaban J connectivity index is 1.22. The molecule has 2 fully saturated rings. The van der Waals surface area contributed by atoms with Crippen LogP contribution in [0.5, 0.6) is 0 Å². The molecule has 2 amide bonds. The first-order valence-corrected chi connectivity index (χ1v) is 13.5. The fraction of sp³-hybridized carbons (Fsp3) is 0.433. The molecule has 2 aliphatic rings. The second kappa shape index (κ2) is 11.5. The summed E-state index contributed by atoms with van der Waals surface area (Å²) >= 11 is 0. The van der Waals surface area contributed by atoms with Crippen molar-refractivity contribution < 1.29 is 14.0 Å². The first-order chi connectivity index (χ1) is 18.4. The van der Waals surface area contributed by atoms with E-state index in [1.54, 1.807) is 16.0 Å². The molecule has 38 heavy (non-hydrogen) atoms. The van der Waals surface area contributed by atoms with E-state index in [4.69, 9.17) is 0 Å². The predicted molar refractivity (Wildman–Crippen MR) is 148 cm³/mol. The maximum atomic E-state index is 13.7. The van der Waals surface area contributed by atoms with Gasteiger partial charge in [-0.15, -0.1) is 0 Å². The normalized spacial score (nSPS) is 20.6. The minimum atomic E-state index is -0.904. The molecule has 5 rings (SSSR count). The Morgan fingerprint density at radius 2 is 1.84 bits per heavy atom. The van der Waals surface area contributed by atoms with Crippen molar-refractivity contribution in [1.29, 1.82) is 0 Å². The van der Waals surface area contributed by atoms with Gasteiger partial charge in [0.2, 0.25) is 5.91 Å². The highest BCUT2D eigenvalue weighted by molar-refractivity contribution is 6.08. The van der Waals surface area contributed by atoms with Gasteiger partial charge in [0.1, 0.15) is 6.17 Å². The number of carbonyl (C=O) groups excluding carboxylic acids is 2. The van der Waals surface area contributed by atoms with Gasteiger partial charge in [0.05, 0.1) is 24.2 Å². The average Bonchev–Trinajstić information content (AvgIpc) is 3.28. The van der Waals surface area contributed by atoms with Gasteiger partial charge in [0, 0.05) is 62.5 Å². The number of hydrogen-bond acceptors (Lipinski definition) is 5. The smallest absolute Gasteiger partial charge is 0.256 e. The third-order valence-corrected chi connectivity index (χ3v) is 7.76. The van der Waals surface area contributed by atoms with Crippen LogP contribution >= 0.6 is 0 Å². The van der Waals surface area contributed by atoms with Gasteiger partial charge in [-0.3, -0.25) is 19.5 Å². The van der Waals surface area contributed by atoms with E-state index < -0.39 is 6.17 Å². The highest BCUT2D eigenvalue weighted by Gasteiger charge is 2.33. The van der Waals surface area contributed by atoms with Gasteiger partial charge in [-0.1, -0.05) is 30.3 Å². The van der Waals surface area contributed by atoms with E-state index in [-0.39, 0.29) is 30.4 Å². The molecule has 1 N–H and O–H groups in total. The van der Waals surface area contributed by atoms with Crippen molar-refractivity contribution in [1.82, 2.24) is 19.7 Å². The Morgan fingerprint density at radius 3 is 2.55 bits per heavy atom. The van der Waals surface area contributed by atoms with Crippen LogP contribution in [-0.4, -0.2) is 83.0 Å². The number of benzene rings is 2. The van der Waals surface area contributed by atoms with Gasteiger partial charge in [-0.25, -0.2) is 4.39 Å². The molecule has 0 aliphatic carbocycles. The topological polar surface area (TPSA) is 68.8 Å². The maximum Gasteiger partial charge on any atom is 0.256 e. The molecule has 7 nitrogen and oxygen atoms in total. The van der Waals surface area contributed by atoms with E-state index in [9.17, 15) is 14.0 Å². The van der Waals surface area contributed by atoms with Crippen molar-refractivity contribution in [2.45, 2.75) is 51.0 Å². The molecule has 0 unspecified atom stereocenters. The third kappa shape index (κ3) is 5.80. The Labute approximate surface area is 223 Å². The Kier molecular flexibility index (Phi) is 7.88. The first-order valence-electron chi connectivity index (χ1n) is 13.5. The van der Waals surface area contributed by atoms with Crippen LogP contribution in [0.3, 0.4) is 0 Å². The van der Waals surface area contributed by atoms with Crippen LogP contribution < -0.4 is 5.32 Å². The largest absolute Gasteiger partial charge is 0.382 e. The predicted octanol–water partition coefficient (Wildman–Crippen LogP) is 4.34. The van der Waals surface area contributed by atoms with Crippen LogP contribution in [-0.2, 0) is 11.3 Å². The van der Waals surface area contributed by atoms with E-state index in [0.717, 1.165) is 42.6 Å². The number of aromatic nitrogens is 1. The lowest BCUT2D eigenvalue weighted by Gasteiger charge is -2.34. The molecule has 2 atom stereocenters. The molecule has 200 valence electrons. The summed E-state index contributed by atoms with van der Waals surface area (Å²) in [5.74, 6) is -0.0351. The number of rotatable bonds is 7. The number of piperidine rings is 1. The van der Waals surface area contributed by atoms with Crippen molar-refractivity contribution in [3.8, 4) is 0 Å². The van der Waals surface area contributed by atoms with Gasteiger partial charge in [-0.2, -0.15) is 0 Å². The van der Waals surface area contributed by atoms with Crippen molar-refractivity contribution in [2.24, 2.45) is 0 Å². The van der Waals surface area contributed by atoms with E-state index in [2.05, 4.69) is 15.2 Å². The molecule has 3 heterocycles. The molecule has 0 spiro atoms. The van der Waals surface area contributed by atoms with Crippen LogP contribution in [0.15, 0.2) is 60.8 Å². The number of nitrogens with zero attached hydrogens (tertiary/aromatic N) is 4. The summed E-state index contributed by atoms with van der Waals surface area (Å²) in [5.41, 5.74) is 3.32. The number of alkyl halides is 1. The number of carbonyl (C=O) groups is 2. The van der Waals surface area contributed by atoms with E-state index in [1.165, 1.54) is 0 Å². The SMILES string of the molecule is C[C@@H]1C[C@H](F)CN1C(=O)CN1CCC(Nc2ccc(C(=O)N(C)Cc3ccccc3)c3ncccc23)CC1. The number of nitrogens with one attached hydrogen (secondary N) is 1. The number of hydrogen-bond donors (Lipinski definition) is 1. The standard InChI is InChI=1S/C30H36FN5O2/c1-21-17-23(31)19-36(21)28(37)20-35-15-12-24(13-16-35)33-27-11-10-26(29-25(27)9-6-14-32-29)30(38)34(2)18-22-7-4-3-5-8-22/h3-11,14,21,23-24,33H,12-13,15-20H2,1-2H3/t21-,23+/m1/s1. The number of fused-ring (bicyclic) bond motifs is 1. The third-order valence-electron chi connectivity index (χ3n) is 7.76. The number of halogens is 1. The molecule has 2 aromatic carbocycles. The van der Waals surface area contributed by atoms with Crippen LogP contribution in [0.2, 0.25) is 0 Å². The van der Waals surface area contributed by atoms with Crippen LogP contribution in [0.1, 0.15) is 42.1 Å². The summed E-state index contributed by atoms with van der Waals surface area (Å²) in [6, 6.07) is 17.9. The summed E-state index contributed by atoms with van der Waals surface area (Å²) in [7, 11) is 1.81. The fourth-order valence-corrected chi connectivity index (χ4v) is 5.66. The lowest BCUT2D eigenvalue weighted by atomic mass is 10.0. The zero-order chi connectivity index (χ0) is 26.6. The van der Waals surface area contributed by atoms with Crippen molar-refractivity contribution in [3.63, 3.8) is 0 Å². The van der Waals surface area contributed by atoms with E-state index in [1.807, 2.05) is 68.6 Å². The van der Waals surface area contributed by atoms with Crippen LogP contribution in [0.25, 0.3) is 10.9 Å². The Hall–Kier alpha value is -3.52. The first kappa shape index (κ1) is 26.1. The lowest BCUT2D eigenvalue weighted by Crippen LogP contribution is -2.46. The second-order valence-corrected chi connectivity index (χ2v) is 10.6. The minimum Gasteiger partial charge on any atom is -0.382 e. The Bertz CT molecular complexity index is 1280. The van der Waals surface area contributed by atoms with Crippen LogP contribution in [0.4, 0.5) is 10.1 Å². The summed E-state index contributed by atoms with van der Waals surface area (Å²) in [4.78, 5) is 36.2. The van der Waals surface area contributed by atoms with Gasteiger partial charge in [0.15, 0.2) is 0 Å². The molecular formula is C30H36FN5O2. The summed E-state index contributed by atoms with van der Waals surface area (Å²) in [6.07, 6.45) is 3.06. The average molecular weight is 518 g/mol. The van der Waals surface area contributed by atoms with Crippen molar-refractivity contribution in [2.75, 3.05) is 38.5 Å². The quantitative estimate of drug-likeness (QED) is 0.505. The van der Waals surface area contributed by atoms with Crippen molar-refractivity contribution in [3.05, 3.63) is 71.9 Å². The fourth-order valence-electron chi connectivity index (χ4n) is 5.66. The van der Waals surface area contributed by atoms with Gasteiger partial charge in [0.25, 0.3) is 5.91 Å². The highest BCUT2D eigenvalue weighted by Crippen LogP contribution is 2.28. The molecule has 1 aromatic heterocycles.